The molecule has 3 aromatic carbocycles. The molecule has 5 atom stereocenters. The number of aliphatic hydroxyl groups excluding tert-OH is 2. The number of carbonyl (C=O) groups excluding carboxylic acids is 3. The number of ether oxygens (including phenoxy) is 4. The van der Waals surface area contributed by atoms with Crippen LogP contribution in [0, 0.1) is 0 Å². The van der Waals surface area contributed by atoms with Gasteiger partial charge in [-0.25, -0.2) is 14.4 Å². The van der Waals surface area contributed by atoms with E-state index in [0.29, 0.717) is 24.3 Å². The van der Waals surface area contributed by atoms with Crippen molar-refractivity contribution < 1.29 is 89.5 Å². The van der Waals surface area contributed by atoms with E-state index >= 15 is 0 Å². The lowest BCUT2D eigenvalue weighted by molar-refractivity contribution is -0.284. The Kier molecular flexibility index (Phi) is 7.49. The minimum atomic E-state index is -2.22. The van der Waals surface area contributed by atoms with Gasteiger partial charge in [0.25, 0.3) is 0 Å². The van der Waals surface area contributed by atoms with Gasteiger partial charge in [0, 0.05) is 11.1 Å². The first kappa shape index (κ1) is 30.6. The molecular weight excluding hydrogens is 612 g/mol. The summed E-state index contributed by atoms with van der Waals surface area (Å²) < 4.78 is 20.8. The van der Waals surface area contributed by atoms with Crippen molar-refractivity contribution in [2.45, 2.75) is 30.7 Å². The van der Waals surface area contributed by atoms with Crippen molar-refractivity contribution in [3.63, 3.8) is 0 Å². The molecule has 238 valence electrons. The number of aromatic hydroxyl groups is 9. The molecule has 1 fully saturated rings. The maximum atomic E-state index is 13.5. The number of benzene rings is 3. The minimum absolute atomic E-state index is 0.508. The number of fused-ring (bicyclic) bond motifs is 5. The lowest BCUT2D eigenvalue weighted by Gasteiger charge is -2.41. The average Bonchev–Trinajstić information content (AvgIpc) is 2.99. The number of hydrogen-bond acceptors (Lipinski definition) is 18. The van der Waals surface area contributed by atoms with Crippen molar-refractivity contribution in [1.29, 1.82) is 0 Å². The Labute approximate surface area is 248 Å². The van der Waals surface area contributed by atoms with Crippen molar-refractivity contribution in [1.82, 2.24) is 0 Å². The molecule has 5 rings (SSSR count). The maximum Gasteiger partial charge on any atom is 0.340 e. The Bertz CT molecular complexity index is 1730. The molecule has 0 unspecified atom stereocenters. The molecule has 0 spiro atoms. The van der Waals surface area contributed by atoms with Crippen LogP contribution in [-0.4, -0.2) is 111 Å². The van der Waals surface area contributed by atoms with Crippen molar-refractivity contribution in [3.8, 4) is 62.9 Å². The first-order valence-corrected chi connectivity index (χ1v) is 12.5. The third-order valence-electron chi connectivity index (χ3n) is 6.99. The molecule has 11 N–H and O–H groups in total. The van der Waals surface area contributed by atoms with Gasteiger partial charge in [0.15, 0.2) is 52.5 Å². The third-order valence-corrected chi connectivity index (χ3v) is 6.99. The highest BCUT2D eigenvalue weighted by Crippen LogP contribution is 2.53. The predicted octanol–water partition coefficient (Wildman–Crippen LogP) is -0.297. The van der Waals surface area contributed by atoms with Gasteiger partial charge in [0.1, 0.15) is 18.8 Å². The Balaban J connectivity index is 1.61. The zero-order valence-corrected chi connectivity index (χ0v) is 22.2. The standard InChI is InChI=1S/C27H22O18/c28-9-1-6(2-10(29)16(9)32)24(39)45-27-22(38)23-19(35)13(43-27)5-42-25(40)7-3-11(30)17(33)20(36)14(7)15-8(26(41)44-23)4-12(31)18(34)21(15)37/h1-4,13,19,22-23,27-38H,5H2/t13-,19-,22-,23+,27+/m0/s1. The highest BCUT2D eigenvalue weighted by Gasteiger charge is 2.50. The summed E-state index contributed by atoms with van der Waals surface area (Å²) in [5.41, 5.74) is -4.12. The number of cyclic esters (lactones) is 1. The van der Waals surface area contributed by atoms with Crippen LogP contribution in [0.4, 0.5) is 0 Å². The fraction of sp³-hybridized carbons (Fsp3) is 0.222. The van der Waals surface area contributed by atoms with Gasteiger partial charge < -0.3 is 75.1 Å². The second-order valence-electron chi connectivity index (χ2n) is 9.79. The van der Waals surface area contributed by atoms with Gasteiger partial charge in [0.2, 0.25) is 17.8 Å². The number of phenols is 9. The molecule has 0 aliphatic carbocycles. The zero-order valence-electron chi connectivity index (χ0n) is 22.2. The van der Waals surface area contributed by atoms with Crippen molar-refractivity contribution >= 4 is 17.9 Å². The van der Waals surface area contributed by atoms with Gasteiger partial charge in [-0.15, -0.1) is 0 Å². The van der Waals surface area contributed by atoms with Gasteiger partial charge in [-0.2, -0.15) is 0 Å². The van der Waals surface area contributed by atoms with E-state index in [-0.39, 0.29) is 0 Å². The Hall–Kier alpha value is -5.85. The molecule has 0 saturated carbocycles. The SMILES string of the molecule is O=C(O[C@H]1O[C@H]2COC(=O)c3cc(O)c(O)c(O)c3-c3c(cc(O)c(O)c3O)C(=O)O[C@@H]([C@@H]1O)[C@H]2O)c1cc(O)c(O)c(O)c1. The summed E-state index contributed by atoms with van der Waals surface area (Å²) in [5.74, 6) is -14.5. The van der Waals surface area contributed by atoms with E-state index in [9.17, 15) is 70.6 Å². The molecule has 3 aromatic rings. The molecule has 0 amide bonds. The summed E-state index contributed by atoms with van der Waals surface area (Å²) in [6, 6.07) is 2.45. The highest BCUT2D eigenvalue weighted by molar-refractivity contribution is 6.08. The monoisotopic (exact) mass is 634 g/mol. The largest absolute Gasteiger partial charge is 0.504 e. The van der Waals surface area contributed by atoms with Gasteiger partial charge >= 0.3 is 17.9 Å². The lowest BCUT2D eigenvalue weighted by atomic mass is 9.91. The van der Waals surface area contributed by atoms with E-state index in [1.807, 2.05) is 0 Å². The predicted molar refractivity (Wildman–Crippen MR) is 139 cm³/mol. The van der Waals surface area contributed by atoms with Crippen LogP contribution in [0.25, 0.3) is 11.1 Å². The molecule has 2 aliphatic heterocycles. The summed E-state index contributed by atoms with van der Waals surface area (Å²) in [6.45, 7) is -0.947. The lowest BCUT2D eigenvalue weighted by Crippen LogP contribution is -2.61. The van der Waals surface area contributed by atoms with E-state index in [4.69, 9.17) is 18.9 Å². The normalized spacial score (nSPS) is 22.9. The van der Waals surface area contributed by atoms with Crippen molar-refractivity contribution in [2.24, 2.45) is 0 Å². The summed E-state index contributed by atoms with van der Waals surface area (Å²) in [6.07, 6.45) is -10.2. The van der Waals surface area contributed by atoms with Crippen LogP contribution in [0.1, 0.15) is 31.1 Å². The minimum Gasteiger partial charge on any atom is -0.504 e. The summed E-state index contributed by atoms with van der Waals surface area (Å²) in [5, 5.41) is 113. The molecule has 2 heterocycles. The van der Waals surface area contributed by atoms with Crippen LogP contribution >= 0.6 is 0 Å². The second-order valence-corrected chi connectivity index (χ2v) is 9.79. The van der Waals surface area contributed by atoms with E-state index in [0.717, 1.165) is 0 Å². The van der Waals surface area contributed by atoms with Gasteiger partial charge in [-0.05, 0) is 24.3 Å². The Morgan fingerprint density at radius 1 is 0.667 bits per heavy atom. The van der Waals surface area contributed by atoms with E-state index in [1.54, 1.807) is 0 Å². The molecular formula is C27H22O18. The van der Waals surface area contributed by atoms with Crippen LogP contribution in [-0.2, 0) is 18.9 Å². The highest BCUT2D eigenvalue weighted by atomic mass is 16.7. The summed E-state index contributed by atoms with van der Waals surface area (Å²) in [7, 11) is 0. The number of esters is 3. The first-order valence-electron chi connectivity index (χ1n) is 12.5. The number of aliphatic hydroxyl groups is 2. The number of rotatable bonds is 2. The average molecular weight is 634 g/mol. The fourth-order valence-corrected chi connectivity index (χ4v) is 4.71. The van der Waals surface area contributed by atoms with Crippen LogP contribution in [0.5, 0.6) is 51.7 Å². The maximum absolute atomic E-state index is 13.5. The van der Waals surface area contributed by atoms with Crippen LogP contribution in [0.3, 0.4) is 0 Å². The smallest absolute Gasteiger partial charge is 0.340 e. The molecule has 2 bridgehead atoms. The zero-order chi connectivity index (χ0) is 33.1. The van der Waals surface area contributed by atoms with Crippen LogP contribution in [0.2, 0.25) is 0 Å². The Morgan fingerprint density at radius 2 is 1.16 bits per heavy atom. The second kappa shape index (κ2) is 11.0. The molecule has 18 nitrogen and oxygen atoms in total. The van der Waals surface area contributed by atoms with E-state index < -0.39 is 135 Å². The van der Waals surface area contributed by atoms with Gasteiger partial charge in [-0.3, -0.25) is 0 Å². The van der Waals surface area contributed by atoms with Crippen molar-refractivity contribution in [3.05, 3.63) is 41.0 Å². The summed E-state index contributed by atoms with van der Waals surface area (Å²) in [4.78, 5) is 39.4. The first-order chi connectivity index (χ1) is 21.1. The number of carbonyl (C=O) groups is 3. The van der Waals surface area contributed by atoms with Crippen LogP contribution < -0.4 is 0 Å². The quantitative estimate of drug-likeness (QED) is 0.0979. The van der Waals surface area contributed by atoms with Gasteiger partial charge in [-0.1, -0.05) is 0 Å². The Morgan fingerprint density at radius 3 is 1.69 bits per heavy atom. The summed E-state index contributed by atoms with van der Waals surface area (Å²) >= 11 is 0. The molecule has 1 saturated heterocycles. The molecule has 0 radical (unpaired) electrons. The molecule has 45 heavy (non-hydrogen) atoms. The number of hydrogen-bond donors (Lipinski definition) is 11. The van der Waals surface area contributed by atoms with E-state index in [1.165, 1.54) is 0 Å². The van der Waals surface area contributed by atoms with Crippen LogP contribution in [0.15, 0.2) is 24.3 Å². The fourth-order valence-electron chi connectivity index (χ4n) is 4.71. The van der Waals surface area contributed by atoms with Crippen molar-refractivity contribution in [2.75, 3.05) is 6.61 Å². The number of phenolic OH excluding ortho intramolecular Hbond substituents is 9. The topological polar surface area (TPSA) is 311 Å². The molecule has 2 aliphatic rings. The van der Waals surface area contributed by atoms with Gasteiger partial charge in [0.05, 0.1) is 16.7 Å². The molecule has 18 heteroatoms. The van der Waals surface area contributed by atoms with E-state index in [2.05, 4.69) is 0 Å². The third kappa shape index (κ3) is 5.07. The molecule has 0 aromatic heterocycles.